The molecule has 1 saturated carbocycles. The predicted octanol–water partition coefficient (Wildman–Crippen LogP) is 3.29. The van der Waals surface area contributed by atoms with Crippen LogP contribution in [0.3, 0.4) is 0 Å². The van der Waals surface area contributed by atoms with Crippen molar-refractivity contribution in [2.24, 2.45) is 0 Å². The molecule has 1 aliphatic carbocycles. The van der Waals surface area contributed by atoms with Crippen LogP contribution in [0.5, 0.6) is 0 Å². The second-order valence-corrected chi connectivity index (χ2v) is 6.07. The summed E-state index contributed by atoms with van der Waals surface area (Å²) >= 11 is 1.64. The van der Waals surface area contributed by atoms with Gasteiger partial charge in [-0.2, -0.15) is 0 Å². The van der Waals surface area contributed by atoms with Gasteiger partial charge in [-0.15, -0.1) is 11.3 Å². The second-order valence-electron chi connectivity index (χ2n) is 5.35. The maximum Gasteiger partial charge on any atom is 0.136 e. The lowest BCUT2D eigenvalue weighted by Gasteiger charge is -2.10. The molecule has 0 saturated heterocycles. The van der Waals surface area contributed by atoms with E-state index in [0.29, 0.717) is 5.92 Å². The number of nitrogens with one attached hydrogen (secondary N) is 2. The van der Waals surface area contributed by atoms with Crippen LogP contribution in [0.15, 0.2) is 17.0 Å². The molecule has 3 rings (SSSR count). The summed E-state index contributed by atoms with van der Waals surface area (Å²) < 4.78 is 0. The molecule has 6 heteroatoms. The summed E-state index contributed by atoms with van der Waals surface area (Å²) in [4.78, 5) is 13.6. The number of hydrogen-bond acceptors (Lipinski definition) is 6. The third kappa shape index (κ3) is 4.14. The summed E-state index contributed by atoms with van der Waals surface area (Å²) in [7, 11) is 0. The second kappa shape index (κ2) is 6.85. The third-order valence-corrected chi connectivity index (χ3v) is 4.05. The first-order chi connectivity index (χ1) is 10.3. The normalized spacial score (nSPS) is 14.1. The van der Waals surface area contributed by atoms with Gasteiger partial charge in [0.25, 0.3) is 0 Å². The Balaban J connectivity index is 1.63. The van der Waals surface area contributed by atoms with Crippen molar-refractivity contribution in [2.45, 2.75) is 38.5 Å². The average Bonchev–Trinajstić information content (AvgIpc) is 3.23. The standard InChI is InChI=1S/C15H21N5S/c1-2-6-16-13-8-14(20-15(19-13)11-3-4-11)17-7-5-12-9-21-10-18-12/h8-11H,2-7H2,1H3,(H2,16,17,19,20). The molecule has 0 amide bonds. The first kappa shape index (κ1) is 14.3. The van der Waals surface area contributed by atoms with Crippen molar-refractivity contribution in [1.29, 1.82) is 0 Å². The van der Waals surface area contributed by atoms with E-state index in [9.17, 15) is 0 Å². The van der Waals surface area contributed by atoms with E-state index >= 15 is 0 Å². The number of nitrogens with zero attached hydrogens (tertiary/aromatic N) is 3. The van der Waals surface area contributed by atoms with E-state index in [1.165, 1.54) is 12.8 Å². The zero-order valence-electron chi connectivity index (χ0n) is 12.3. The fourth-order valence-corrected chi connectivity index (χ4v) is 2.70. The van der Waals surface area contributed by atoms with Gasteiger partial charge in [0.2, 0.25) is 0 Å². The zero-order chi connectivity index (χ0) is 14.5. The highest BCUT2D eigenvalue weighted by Gasteiger charge is 2.27. The molecule has 1 fully saturated rings. The summed E-state index contributed by atoms with van der Waals surface area (Å²) in [6.07, 6.45) is 4.45. The quantitative estimate of drug-likeness (QED) is 0.783. The molecular weight excluding hydrogens is 282 g/mol. The van der Waals surface area contributed by atoms with Crippen LogP contribution < -0.4 is 10.6 Å². The van der Waals surface area contributed by atoms with Crippen LogP contribution in [0.25, 0.3) is 0 Å². The molecule has 0 aromatic carbocycles. The summed E-state index contributed by atoms with van der Waals surface area (Å²) in [6, 6.07) is 2.00. The fraction of sp³-hybridized carbons (Fsp3) is 0.533. The van der Waals surface area contributed by atoms with Gasteiger partial charge in [-0.3, -0.25) is 0 Å². The molecule has 0 bridgehead atoms. The van der Waals surface area contributed by atoms with E-state index in [4.69, 9.17) is 0 Å². The Labute approximate surface area is 129 Å². The molecule has 0 unspecified atom stereocenters. The van der Waals surface area contributed by atoms with E-state index in [-0.39, 0.29) is 0 Å². The maximum atomic E-state index is 4.64. The minimum Gasteiger partial charge on any atom is -0.370 e. The molecule has 0 aliphatic heterocycles. The highest BCUT2D eigenvalue weighted by molar-refractivity contribution is 7.07. The number of anilines is 2. The molecule has 2 aromatic heterocycles. The van der Waals surface area contributed by atoms with E-state index in [0.717, 1.165) is 49.1 Å². The Kier molecular flexibility index (Phi) is 4.65. The van der Waals surface area contributed by atoms with Gasteiger partial charge in [0.05, 0.1) is 11.2 Å². The van der Waals surface area contributed by atoms with Crippen LogP contribution >= 0.6 is 11.3 Å². The van der Waals surface area contributed by atoms with E-state index < -0.39 is 0 Å². The van der Waals surface area contributed by atoms with Crippen molar-refractivity contribution in [1.82, 2.24) is 15.0 Å². The van der Waals surface area contributed by atoms with Crippen molar-refractivity contribution in [3.63, 3.8) is 0 Å². The van der Waals surface area contributed by atoms with Crippen LogP contribution in [0.4, 0.5) is 11.6 Å². The molecule has 112 valence electrons. The number of aromatic nitrogens is 3. The molecule has 2 N–H and O–H groups in total. The highest BCUT2D eigenvalue weighted by atomic mass is 32.1. The van der Waals surface area contributed by atoms with Crippen LogP contribution in [0, 0.1) is 0 Å². The number of thiazole rings is 1. The minimum absolute atomic E-state index is 0.562. The molecule has 0 spiro atoms. The Morgan fingerprint density at radius 1 is 1.19 bits per heavy atom. The smallest absolute Gasteiger partial charge is 0.136 e. The lowest BCUT2D eigenvalue weighted by Crippen LogP contribution is -2.10. The van der Waals surface area contributed by atoms with Gasteiger partial charge in [-0.1, -0.05) is 6.92 Å². The van der Waals surface area contributed by atoms with Crippen molar-refractivity contribution in [3.05, 3.63) is 28.5 Å². The summed E-state index contributed by atoms with van der Waals surface area (Å²) in [5.41, 5.74) is 3.01. The van der Waals surface area contributed by atoms with Crippen molar-refractivity contribution in [3.8, 4) is 0 Å². The van der Waals surface area contributed by atoms with E-state index in [1.807, 2.05) is 11.6 Å². The van der Waals surface area contributed by atoms with Crippen LogP contribution in [0.2, 0.25) is 0 Å². The van der Waals surface area contributed by atoms with Gasteiger partial charge in [-0.25, -0.2) is 15.0 Å². The Morgan fingerprint density at radius 2 is 1.95 bits per heavy atom. The molecule has 2 heterocycles. The largest absolute Gasteiger partial charge is 0.370 e. The summed E-state index contributed by atoms with van der Waals surface area (Å²) in [5, 5.41) is 8.85. The molecule has 0 radical (unpaired) electrons. The van der Waals surface area contributed by atoms with Crippen LogP contribution in [-0.4, -0.2) is 28.0 Å². The average molecular weight is 303 g/mol. The van der Waals surface area contributed by atoms with Crippen LogP contribution in [-0.2, 0) is 6.42 Å². The van der Waals surface area contributed by atoms with E-state index in [1.54, 1.807) is 11.3 Å². The Morgan fingerprint density at radius 3 is 2.57 bits per heavy atom. The van der Waals surface area contributed by atoms with E-state index in [2.05, 4.69) is 37.9 Å². The zero-order valence-corrected chi connectivity index (χ0v) is 13.1. The van der Waals surface area contributed by atoms with Gasteiger partial charge in [0, 0.05) is 36.9 Å². The number of hydrogen-bond donors (Lipinski definition) is 2. The molecule has 2 aromatic rings. The lowest BCUT2D eigenvalue weighted by molar-refractivity contribution is 0.898. The molecule has 1 aliphatic rings. The Hall–Kier alpha value is -1.69. The van der Waals surface area contributed by atoms with Gasteiger partial charge in [-0.05, 0) is 19.3 Å². The fourth-order valence-electron chi connectivity index (χ4n) is 2.10. The van der Waals surface area contributed by atoms with Gasteiger partial charge in [0.1, 0.15) is 17.5 Å². The van der Waals surface area contributed by atoms with Crippen molar-refractivity contribution < 1.29 is 0 Å². The van der Waals surface area contributed by atoms with Gasteiger partial charge < -0.3 is 10.6 Å². The molecule has 21 heavy (non-hydrogen) atoms. The monoisotopic (exact) mass is 303 g/mol. The Bertz CT molecular complexity index is 565. The summed E-state index contributed by atoms with van der Waals surface area (Å²) in [5.74, 6) is 3.39. The molecule has 0 atom stereocenters. The topological polar surface area (TPSA) is 62.7 Å². The highest BCUT2D eigenvalue weighted by Crippen LogP contribution is 2.38. The first-order valence-corrected chi connectivity index (χ1v) is 8.53. The maximum absolute atomic E-state index is 4.64. The van der Waals surface area contributed by atoms with Crippen molar-refractivity contribution >= 4 is 23.0 Å². The molecular formula is C15H21N5S. The SMILES string of the molecule is CCCNc1cc(NCCc2cscn2)nc(C2CC2)n1. The van der Waals surface area contributed by atoms with Gasteiger partial charge >= 0.3 is 0 Å². The third-order valence-electron chi connectivity index (χ3n) is 3.41. The van der Waals surface area contributed by atoms with Gasteiger partial charge in [0.15, 0.2) is 0 Å². The van der Waals surface area contributed by atoms with Crippen molar-refractivity contribution in [2.75, 3.05) is 23.7 Å². The minimum atomic E-state index is 0.562. The lowest BCUT2D eigenvalue weighted by atomic mass is 10.3. The number of rotatable bonds is 8. The summed E-state index contributed by atoms with van der Waals surface area (Å²) in [6.45, 7) is 3.94. The first-order valence-electron chi connectivity index (χ1n) is 7.59. The molecule has 5 nitrogen and oxygen atoms in total. The van der Waals surface area contributed by atoms with Crippen LogP contribution in [0.1, 0.15) is 43.6 Å². The predicted molar refractivity (Wildman–Crippen MR) is 87.1 cm³/mol.